The molecule has 21 heavy (non-hydrogen) atoms. The summed E-state index contributed by atoms with van der Waals surface area (Å²) in [5, 5.41) is 2.46. The van der Waals surface area contributed by atoms with Crippen LogP contribution in [-0.2, 0) is 4.79 Å². The van der Waals surface area contributed by atoms with Crippen LogP contribution >= 0.6 is 11.8 Å². The second-order valence-electron chi connectivity index (χ2n) is 4.71. The fourth-order valence-electron chi connectivity index (χ4n) is 1.34. The van der Waals surface area contributed by atoms with Gasteiger partial charge in [0.1, 0.15) is 11.6 Å². The Kier molecular flexibility index (Phi) is 5.87. The van der Waals surface area contributed by atoms with E-state index in [1.807, 2.05) is 13.8 Å². The number of halogens is 2. The highest BCUT2D eigenvalue weighted by Gasteiger charge is 2.22. The fraction of sp³-hybridized carbons (Fsp3) is 0.385. The summed E-state index contributed by atoms with van der Waals surface area (Å²) < 4.78 is 27.2. The van der Waals surface area contributed by atoms with E-state index in [0.29, 0.717) is 17.8 Å². The fourth-order valence-corrected chi connectivity index (χ4v) is 2.35. The maximum atomic E-state index is 13.7. The SMILES string of the molecule is CC(C)C(C)C(=O)Sc1cc(C(=O)N=[N+]=[N-])c(F)cc1F. The Bertz CT molecular complexity index is 628. The molecule has 1 amide bonds. The Labute approximate surface area is 124 Å². The molecule has 8 heteroatoms. The van der Waals surface area contributed by atoms with E-state index in [1.165, 1.54) is 0 Å². The van der Waals surface area contributed by atoms with Gasteiger partial charge < -0.3 is 0 Å². The average molecular weight is 313 g/mol. The highest BCUT2D eigenvalue weighted by atomic mass is 32.2. The van der Waals surface area contributed by atoms with Crippen molar-refractivity contribution in [2.75, 3.05) is 0 Å². The predicted molar refractivity (Wildman–Crippen MR) is 74.7 cm³/mol. The third kappa shape index (κ3) is 4.27. The second kappa shape index (κ2) is 7.19. The van der Waals surface area contributed by atoms with Gasteiger partial charge in [-0.15, -0.1) is 0 Å². The second-order valence-corrected chi connectivity index (χ2v) is 5.76. The van der Waals surface area contributed by atoms with Gasteiger partial charge in [0.2, 0.25) is 0 Å². The van der Waals surface area contributed by atoms with Crippen molar-refractivity contribution in [1.29, 1.82) is 0 Å². The first-order chi connectivity index (χ1) is 9.77. The Morgan fingerprint density at radius 3 is 2.38 bits per heavy atom. The molecule has 1 aromatic carbocycles. The minimum absolute atomic E-state index is 0.0674. The Morgan fingerprint density at radius 2 is 1.86 bits per heavy atom. The van der Waals surface area contributed by atoms with Crippen LogP contribution in [0.4, 0.5) is 8.78 Å². The van der Waals surface area contributed by atoms with Crippen LogP contribution in [0.15, 0.2) is 22.1 Å². The number of hydrogen-bond acceptors (Lipinski definition) is 3. The number of azide groups is 1. The van der Waals surface area contributed by atoms with Crippen LogP contribution < -0.4 is 0 Å². The summed E-state index contributed by atoms with van der Waals surface area (Å²) in [5.74, 6) is -3.51. The standard InChI is InChI=1S/C13H13F2N3O2S/c1-6(2)7(3)13(20)21-11-4-8(12(19)17-18-16)9(14)5-10(11)15/h4-7H,1-3H3. The molecule has 0 N–H and O–H groups in total. The normalized spacial score (nSPS) is 11.9. The summed E-state index contributed by atoms with van der Waals surface area (Å²) in [4.78, 5) is 25.4. The van der Waals surface area contributed by atoms with Crippen LogP contribution in [0.3, 0.4) is 0 Å². The van der Waals surface area contributed by atoms with Gasteiger partial charge in [0.15, 0.2) is 5.12 Å². The van der Waals surface area contributed by atoms with Crippen molar-refractivity contribution >= 4 is 22.8 Å². The first-order valence-electron chi connectivity index (χ1n) is 6.08. The first-order valence-corrected chi connectivity index (χ1v) is 6.89. The number of rotatable bonds is 4. The van der Waals surface area contributed by atoms with Crippen molar-refractivity contribution in [1.82, 2.24) is 0 Å². The number of carbonyl (C=O) groups excluding carboxylic acids is 2. The molecule has 1 rings (SSSR count). The largest absolute Gasteiger partial charge is 0.287 e. The van der Waals surface area contributed by atoms with E-state index in [2.05, 4.69) is 10.0 Å². The van der Waals surface area contributed by atoms with E-state index >= 15 is 0 Å². The molecule has 0 aromatic heterocycles. The van der Waals surface area contributed by atoms with Crippen LogP contribution in [0.25, 0.3) is 10.4 Å². The van der Waals surface area contributed by atoms with Gasteiger partial charge >= 0.3 is 0 Å². The van der Waals surface area contributed by atoms with E-state index in [9.17, 15) is 18.4 Å². The minimum atomic E-state index is -1.17. The van der Waals surface area contributed by atoms with E-state index < -0.39 is 23.1 Å². The third-order valence-corrected chi connectivity index (χ3v) is 4.08. The zero-order valence-electron chi connectivity index (χ0n) is 11.6. The lowest BCUT2D eigenvalue weighted by Crippen LogP contribution is -2.13. The topological polar surface area (TPSA) is 82.9 Å². The van der Waals surface area contributed by atoms with Crippen LogP contribution in [0.2, 0.25) is 0 Å². The lowest BCUT2D eigenvalue weighted by atomic mass is 10.0. The van der Waals surface area contributed by atoms with Gasteiger partial charge in [-0.2, -0.15) is 0 Å². The van der Waals surface area contributed by atoms with Gasteiger partial charge in [0.25, 0.3) is 5.91 Å². The summed E-state index contributed by atoms with van der Waals surface area (Å²) in [6.45, 7) is 5.40. The first kappa shape index (κ1) is 17.1. The van der Waals surface area contributed by atoms with Gasteiger partial charge in [-0.1, -0.05) is 20.8 Å². The molecule has 0 radical (unpaired) electrons. The maximum absolute atomic E-state index is 13.7. The molecule has 0 saturated heterocycles. The van der Waals surface area contributed by atoms with Crippen molar-refractivity contribution in [3.63, 3.8) is 0 Å². The van der Waals surface area contributed by atoms with E-state index in [-0.39, 0.29) is 21.8 Å². The van der Waals surface area contributed by atoms with Crippen molar-refractivity contribution in [2.45, 2.75) is 25.7 Å². The molecule has 0 fully saturated rings. The van der Waals surface area contributed by atoms with Crippen LogP contribution in [-0.4, -0.2) is 11.0 Å². The lowest BCUT2D eigenvalue weighted by Gasteiger charge is -2.14. The van der Waals surface area contributed by atoms with Gasteiger partial charge in [-0.3, -0.25) is 9.59 Å². The highest BCUT2D eigenvalue weighted by molar-refractivity contribution is 8.13. The van der Waals surface area contributed by atoms with Crippen LogP contribution in [0.5, 0.6) is 0 Å². The minimum Gasteiger partial charge on any atom is -0.287 e. The molecular formula is C13H13F2N3O2S. The molecule has 0 aliphatic heterocycles. The van der Waals surface area contributed by atoms with Crippen molar-refractivity contribution in [3.8, 4) is 0 Å². The molecule has 112 valence electrons. The molecular weight excluding hydrogens is 300 g/mol. The van der Waals surface area contributed by atoms with Gasteiger partial charge in [-0.05, 0) is 34.4 Å². The van der Waals surface area contributed by atoms with Gasteiger partial charge in [0.05, 0.1) is 10.5 Å². The molecule has 0 spiro atoms. The number of benzene rings is 1. The van der Waals surface area contributed by atoms with Crippen molar-refractivity contribution in [2.24, 2.45) is 17.0 Å². The van der Waals surface area contributed by atoms with Crippen molar-refractivity contribution < 1.29 is 18.4 Å². The number of amides is 1. The smallest absolute Gasteiger partial charge is 0.252 e. The Hall–Kier alpha value is -1.92. The molecule has 1 aromatic rings. The third-order valence-electron chi connectivity index (χ3n) is 2.97. The van der Waals surface area contributed by atoms with Gasteiger partial charge in [0, 0.05) is 16.9 Å². The number of nitrogens with zero attached hydrogens (tertiary/aromatic N) is 3. The molecule has 0 heterocycles. The quantitative estimate of drug-likeness (QED) is 0.359. The average Bonchev–Trinajstić information content (AvgIpc) is 2.40. The van der Waals surface area contributed by atoms with E-state index in [4.69, 9.17) is 5.53 Å². The monoisotopic (exact) mass is 313 g/mol. The Morgan fingerprint density at radius 1 is 1.24 bits per heavy atom. The van der Waals surface area contributed by atoms with Crippen LogP contribution in [0.1, 0.15) is 31.1 Å². The van der Waals surface area contributed by atoms with Crippen LogP contribution in [0, 0.1) is 23.5 Å². The number of thioether (sulfide) groups is 1. The summed E-state index contributed by atoms with van der Waals surface area (Å²) in [6, 6.07) is 1.38. The van der Waals surface area contributed by atoms with E-state index in [0.717, 1.165) is 6.07 Å². The van der Waals surface area contributed by atoms with Gasteiger partial charge in [-0.25, -0.2) is 8.78 Å². The summed E-state index contributed by atoms with van der Waals surface area (Å²) >= 11 is 0.597. The molecule has 0 aliphatic rings. The zero-order chi connectivity index (χ0) is 16.2. The van der Waals surface area contributed by atoms with E-state index in [1.54, 1.807) is 6.92 Å². The number of carbonyl (C=O) groups is 2. The molecule has 0 bridgehead atoms. The van der Waals surface area contributed by atoms with Crippen molar-refractivity contribution in [3.05, 3.63) is 39.8 Å². The molecule has 0 aliphatic carbocycles. The number of hydrogen-bond donors (Lipinski definition) is 0. The Balaban J connectivity index is 3.14. The molecule has 1 unspecified atom stereocenters. The molecule has 5 nitrogen and oxygen atoms in total. The predicted octanol–water partition coefficient (Wildman–Crippen LogP) is 4.33. The summed E-state index contributed by atoms with van der Waals surface area (Å²) in [7, 11) is 0. The highest BCUT2D eigenvalue weighted by Crippen LogP contribution is 2.30. The molecule has 1 atom stereocenters. The summed E-state index contributed by atoms with van der Waals surface area (Å²) in [5.41, 5.74) is 7.61. The zero-order valence-corrected chi connectivity index (χ0v) is 12.4. The molecule has 0 saturated carbocycles. The summed E-state index contributed by atoms with van der Waals surface area (Å²) in [6.07, 6.45) is 0. The maximum Gasteiger partial charge on any atom is 0.252 e. The lowest BCUT2D eigenvalue weighted by molar-refractivity contribution is -0.115.